The van der Waals surface area contributed by atoms with Crippen molar-refractivity contribution in [2.45, 2.75) is 65.0 Å². The van der Waals surface area contributed by atoms with E-state index in [1.165, 1.54) is 0 Å². The molecule has 0 saturated heterocycles. The van der Waals surface area contributed by atoms with Crippen molar-refractivity contribution in [3.63, 3.8) is 0 Å². The van der Waals surface area contributed by atoms with Crippen LogP contribution >= 0.6 is 0 Å². The number of rotatable bonds is 5. The van der Waals surface area contributed by atoms with Gasteiger partial charge in [0, 0.05) is 37.8 Å². The Morgan fingerprint density at radius 1 is 1.43 bits per heavy atom. The summed E-state index contributed by atoms with van der Waals surface area (Å²) in [5.41, 5.74) is 0. The van der Waals surface area contributed by atoms with Gasteiger partial charge in [0.2, 0.25) is 11.8 Å². The summed E-state index contributed by atoms with van der Waals surface area (Å²) >= 11 is 0. The first-order valence-electron chi connectivity index (χ1n) is 8.03. The molecule has 0 radical (unpaired) electrons. The van der Waals surface area contributed by atoms with Crippen molar-refractivity contribution in [3.05, 3.63) is 23.4 Å². The van der Waals surface area contributed by atoms with Gasteiger partial charge in [0.1, 0.15) is 11.6 Å². The lowest BCUT2D eigenvalue weighted by Crippen LogP contribution is -2.41. The molecule has 0 aromatic carbocycles. The summed E-state index contributed by atoms with van der Waals surface area (Å²) in [6.07, 6.45) is 2.55. The molecule has 2 aromatic rings. The number of hydrogen-bond donors (Lipinski definition) is 1. The summed E-state index contributed by atoms with van der Waals surface area (Å²) in [6.45, 7) is 6.68. The number of nitrogens with one attached hydrogen (secondary N) is 1. The third-order valence-corrected chi connectivity index (χ3v) is 4.06. The fourth-order valence-electron chi connectivity index (χ4n) is 2.70. The lowest BCUT2D eigenvalue weighted by atomic mass is 10.1. The van der Waals surface area contributed by atoms with Crippen molar-refractivity contribution in [2.24, 2.45) is 0 Å². The average Bonchev–Trinajstić information content (AvgIpc) is 3.13. The average molecular weight is 318 g/mol. The Bertz CT molecular complexity index is 690. The first kappa shape index (κ1) is 15.6. The second kappa shape index (κ2) is 6.47. The van der Waals surface area contributed by atoms with Crippen LogP contribution in [0.2, 0.25) is 0 Å². The standard InChI is InChI=1S/C15H22N6O2/c1-9(2)15-17-14(23-20-15)7-6-13(22)16-11-4-5-12-19-18-10(3)21(12)8-11/h9,11H,4-8H2,1-3H3,(H,16,22)/t11-/m0/s1. The Labute approximate surface area is 134 Å². The van der Waals surface area contributed by atoms with Crippen LogP contribution in [0.1, 0.15) is 56.0 Å². The van der Waals surface area contributed by atoms with Crippen LogP contribution in [0, 0.1) is 6.92 Å². The third-order valence-electron chi connectivity index (χ3n) is 4.06. The Morgan fingerprint density at radius 2 is 2.26 bits per heavy atom. The minimum atomic E-state index is 0.00785. The Balaban J connectivity index is 1.49. The highest BCUT2D eigenvalue weighted by atomic mass is 16.5. The van der Waals surface area contributed by atoms with Crippen LogP contribution in [-0.2, 0) is 24.2 Å². The molecule has 124 valence electrons. The van der Waals surface area contributed by atoms with E-state index in [1.807, 2.05) is 20.8 Å². The number of fused-ring (bicyclic) bond motifs is 1. The molecule has 0 bridgehead atoms. The van der Waals surface area contributed by atoms with Gasteiger partial charge in [-0.2, -0.15) is 4.98 Å². The van der Waals surface area contributed by atoms with Crippen molar-refractivity contribution in [2.75, 3.05) is 0 Å². The van der Waals surface area contributed by atoms with Crippen molar-refractivity contribution in [1.29, 1.82) is 0 Å². The fourth-order valence-corrected chi connectivity index (χ4v) is 2.70. The Hall–Kier alpha value is -2.25. The highest BCUT2D eigenvalue weighted by Crippen LogP contribution is 2.15. The van der Waals surface area contributed by atoms with E-state index in [4.69, 9.17) is 4.52 Å². The molecule has 1 amide bonds. The van der Waals surface area contributed by atoms with Crippen molar-refractivity contribution >= 4 is 5.91 Å². The topological polar surface area (TPSA) is 98.7 Å². The summed E-state index contributed by atoms with van der Waals surface area (Å²) in [7, 11) is 0. The quantitative estimate of drug-likeness (QED) is 0.888. The van der Waals surface area contributed by atoms with Gasteiger partial charge < -0.3 is 14.4 Å². The van der Waals surface area contributed by atoms with Crippen LogP contribution in [0.4, 0.5) is 0 Å². The molecule has 3 heterocycles. The minimum Gasteiger partial charge on any atom is -0.352 e. The second-order valence-corrected chi connectivity index (χ2v) is 6.28. The van der Waals surface area contributed by atoms with E-state index in [0.29, 0.717) is 24.6 Å². The fraction of sp³-hybridized carbons (Fsp3) is 0.667. The number of aryl methyl sites for hydroxylation is 3. The lowest BCUT2D eigenvalue weighted by Gasteiger charge is -2.24. The highest BCUT2D eigenvalue weighted by molar-refractivity contribution is 5.76. The molecule has 0 fully saturated rings. The molecule has 23 heavy (non-hydrogen) atoms. The maximum atomic E-state index is 12.1. The van der Waals surface area contributed by atoms with Crippen LogP contribution in [-0.4, -0.2) is 36.9 Å². The van der Waals surface area contributed by atoms with Crippen LogP contribution < -0.4 is 5.32 Å². The van der Waals surface area contributed by atoms with E-state index < -0.39 is 0 Å². The van der Waals surface area contributed by atoms with E-state index in [0.717, 1.165) is 31.0 Å². The summed E-state index contributed by atoms with van der Waals surface area (Å²) in [5.74, 6) is 3.33. The molecule has 1 atom stereocenters. The van der Waals surface area contributed by atoms with Crippen molar-refractivity contribution in [3.8, 4) is 0 Å². The number of carbonyl (C=O) groups is 1. The molecule has 3 rings (SSSR count). The van der Waals surface area contributed by atoms with E-state index in [-0.39, 0.29) is 17.9 Å². The lowest BCUT2D eigenvalue weighted by molar-refractivity contribution is -0.122. The first-order valence-corrected chi connectivity index (χ1v) is 8.03. The molecule has 1 aliphatic heterocycles. The summed E-state index contributed by atoms with van der Waals surface area (Å²) in [4.78, 5) is 16.4. The van der Waals surface area contributed by atoms with Crippen molar-refractivity contribution < 1.29 is 9.32 Å². The molecule has 8 heteroatoms. The zero-order chi connectivity index (χ0) is 16.4. The first-order chi connectivity index (χ1) is 11.0. The summed E-state index contributed by atoms with van der Waals surface area (Å²) in [5, 5.41) is 15.2. The largest absolute Gasteiger partial charge is 0.352 e. The van der Waals surface area contributed by atoms with Gasteiger partial charge in [0.25, 0.3) is 0 Å². The van der Waals surface area contributed by atoms with E-state index in [2.05, 4.69) is 30.2 Å². The third kappa shape index (κ3) is 3.57. The van der Waals surface area contributed by atoms with Gasteiger partial charge in [-0.3, -0.25) is 4.79 Å². The van der Waals surface area contributed by atoms with Crippen LogP contribution in [0.15, 0.2) is 4.52 Å². The summed E-state index contributed by atoms with van der Waals surface area (Å²) in [6, 6.07) is 0.124. The number of carbonyl (C=O) groups excluding carboxylic acids is 1. The normalized spacial score (nSPS) is 17.3. The number of aromatic nitrogens is 5. The van der Waals surface area contributed by atoms with Gasteiger partial charge in [0.05, 0.1) is 0 Å². The molecular weight excluding hydrogens is 296 g/mol. The zero-order valence-electron chi connectivity index (χ0n) is 13.7. The van der Waals surface area contributed by atoms with Crippen molar-refractivity contribution in [1.82, 2.24) is 30.2 Å². The van der Waals surface area contributed by atoms with Gasteiger partial charge >= 0.3 is 0 Å². The zero-order valence-corrected chi connectivity index (χ0v) is 13.7. The van der Waals surface area contributed by atoms with Gasteiger partial charge in [0.15, 0.2) is 5.82 Å². The maximum Gasteiger partial charge on any atom is 0.227 e. The Morgan fingerprint density at radius 3 is 3.00 bits per heavy atom. The van der Waals surface area contributed by atoms with E-state index >= 15 is 0 Å². The predicted molar refractivity (Wildman–Crippen MR) is 81.7 cm³/mol. The molecule has 2 aromatic heterocycles. The number of hydrogen-bond acceptors (Lipinski definition) is 6. The van der Waals surface area contributed by atoms with Crippen LogP contribution in [0.5, 0.6) is 0 Å². The molecule has 0 saturated carbocycles. The molecule has 0 aliphatic carbocycles. The minimum absolute atomic E-state index is 0.00785. The number of amides is 1. The van der Waals surface area contributed by atoms with Gasteiger partial charge in [-0.25, -0.2) is 0 Å². The molecule has 1 N–H and O–H groups in total. The van der Waals surface area contributed by atoms with Crippen LogP contribution in [0.3, 0.4) is 0 Å². The van der Waals surface area contributed by atoms with E-state index in [1.54, 1.807) is 0 Å². The molecule has 8 nitrogen and oxygen atoms in total. The Kier molecular flexibility index (Phi) is 4.40. The number of nitrogens with zero attached hydrogens (tertiary/aromatic N) is 5. The molecule has 0 unspecified atom stereocenters. The smallest absolute Gasteiger partial charge is 0.227 e. The summed E-state index contributed by atoms with van der Waals surface area (Å²) < 4.78 is 7.23. The highest BCUT2D eigenvalue weighted by Gasteiger charge is 2.22. The van der Waals surface area contributed by atoms with Crippen LogP contribution in [0.25, 0.3) is 0 Å². The van der Waals surface area contributed by atoms with Gasteiger partial charge in [-0.05, 0) is 13.3 Å². The predicted octanol–water partition coefficient (Wildman–Crippen LogP) is 1.16. The van der Waals surface area contributed by atoms with Gasteiger partial charge in [-0.15, -0.1) is 10.2 Å². The monoisotopic (exact) mass is 318 g/mol. The molecular formula is C15H22N6O2. The SMILES string of the molecule is Cc1nnc2n1C[C@@H](NC(=O)CCc1nc(C(C)C)no1)CC2. The molecule has 1 aliphatic rings. The maximum absolute atomic E-state index is 12.1. The van der Waals surface area contributed by atoms with Gasteiger partial charge in [-0.1, -0.05) is 19.0 Å². The molecule has 0 spiro atoms. The van der Waals surface area contributed by atoms with E-state index in [9.17, 15) is 4.79 Å². The second-order valence-electron chi connectivity index (χ2n) is 6.28.